The Morgan fingerprint density at radius 3 is 2.50 bits per heavy atom. The highest BCUT2D eigenvalue weighted by molar-refractivity contribution is 5.78. The lowest BCUT2D eigenvalue weighted by molar-refractivity contribution is -0.146. The minimum absolute atomic E-state index is 0.162. The SMILES string of the molecule is COCC(C)(NCCN(C)C)C(=O)O. The summed E-state index contributed by atoms with van der Waals surface area (Å²) in [7, 11) is 5.38. The zero-order chi connectivity index (χ0) is 11.2. The van der Waals surface area contributed by atoms with Crippen LogP contribution in [0.5, 0.6) is 0 Å². The number of ether oxygens (including phenoxy) is 1. The number of carbonyl (C=O) groups is 1. The van der Waals surface area contributed by atoms with Gasteiger partial charge in [0.1, 0.15) is 5.54 Å². The van der Waals surface area contributed by atoms with Crippen LogP contribution in [0.15, 0.2) is 0 Å². The summed E-state index contributed by atoms with van der Waals surface area (Å²) in [6, 6.07) is 0. The average Bonchev–Trinajstić information content (AvgIpc) is 2.03. The summed E-state index contributed by atoms with van der Waals surface area (Å²) in [6.45, 7) is 3.20. The molecule has 5 heteroatoms. The number of nitrogens with one attached hydrogen (secondary N) is 1. The van der Waals surface area contributed by atoms with Gasteiger partial charge in [-0.2, -0.15) is 0 Å². The molecule has 1 unspecified atom stereocenters. The number of hydrogen-bond donors (Lipinski definition) is 2. The van der Waals surface area contributed by atoms with Crippen LogP contribution in [-0.2, 0) is 9.53 Å². The van der Waals surface area contributed by atoms with Gasteiger partial charge in [-0.05, 0) is 21.0 Å². The van der Waals surface area contributed by atoms with Crippen LogP contribution in [-0.4, -0.2) is 62.4 Å². The van der Waals surface area contributed by atoms with Crippen molar-refractivity contribution in [3.05, 3.63) is 0 Å². The normalized spacial score (nSPS) is 15.5. The van der Waals surface area contributed by atoms with Gasteiger partial charge in [0.2, 0.25) is 0 Å². The zero-order valence-electron chi connectivity index (χ0n) is 9.33. The number of likely N-dealkylation sites (N-methyl/N-ethyl adjacent to an activating group) is 1. The number of hydrogen-bond acceptors (Lipinski definition) is 4. The van der Waals surface area contributed by atoms with Crippen LogP contribution in [0.1, 0.15) is 6.92 Å². The Morgan fingerprint density at radius 2 is 2.14 bits per heavy atom. The fourth-order valence-electron chi connectivity index (χ4n) is 1.03. The van der Waals surface area contributed by atoms with E-state index in [0.29, 0.717) is 6.54 Å². The molecule has 0 saturated heterocycles. The van der Waals surface area contributed by atoms with Gasteiger partial charge in [0.15, 0.2) is 0 Å². The van der Waals surface area contributed by atoms with E-state index < -0.39 is 11.5 Å². The number of methoxy groups -OCH3 is 1. The van der Waals surface area contributed by atoms with Crippen molar-refractivity contribution in [2.24, 2.45) is 0 Å². The Balaban J connectivity index is 4.03. The smallest absolute Gasteiger partial charge is 0.326 e. The van der Waals surface area contributed by atoms with Gasteiger partial charge in [0.05, 0.1) is 6.61 Å². The predicted molar refractivity (Wildman–Crippen MR) is 54.5 cm³/mol. The van der Waals surface area contributed by atoms with Crippen LogP contribution < -0.4 is 5.32 Å². The average molecular weight is 204 g/mol. The van der Waals surface area contributed by atoms with E-state index in [0.717, 1.165) is 6.54 Å². The molecule has 0 amide bonds. The van der Waals surface area contributed by atoms with Gasteiger partial charge in [-0.25, -0.2) is 0 Å². The van der Waals surface area contributed by atoms with Crippen LogP contribution in [0, 0.1) is 0 Å². The molecule has 1 atom stereocenters. The van der Waals surface area contributed by atoms with E-state index in [1.807, 2.05) is 19.0 Å². The van der Waals surface area contributed by atoms with Crippen LogP contribution in [0.25, 0.3) is 0 Å². The molecule has 0 rings (SSSR count). The molecule has 0 aromatic rings. The number of nitrogens with zero attached hydrogens (tertiary/aromatic N) is 1. The minimum Gasteiger partial charge on any atom is -0.480 e. The third-order valence-corrected chi connectivity index (χ3v) is 1.98. The van der Waals surface area contributed by atoms with Crippen LogP contribution >= 0.6 is 0 Å². The van der Waals surface area contributed by atoms with Crippen molar-refractivity contribution < 1.29 is 14.6 Å². The maximum absolute atomic E-state index is 10.9. The molecule has 0 spiro atoms. The molecule has 0 aromatic carbocycles. The van der Waals surface area contributed by atoms with E-state index in [-0.39, 0.29) is 6.61 Å². The van der Waals surface area contributed by atoms with Crippen LogP contribution in [0.3, 0.4) is 0 Å². The molecule has 0 aromatic heterocycles. The Hall–Kier alpha value is -0.650. The van der Waals surface area contributed by atoms with Crippen LogP contribution in [0.4, 0.5) is 0 Å². The molecule has 0 heterocycles. The molecule has 0 fully saturated rings. The van der Waals surface area contributed by atoms with Gasteiger partial charge in [0, 0.05) is 20.2 Å². The summed E-state index contributed by atoms with van der Waals surface area (Å²) in [5.41, 5.74) is -0.995. The van der Waals surface area contributed by atoms with E-state index in [9.17, 15) is 4.79 Å². The predicted octanol–water partition coefficient (Wildman–Crippen LogP) is -0.373. The van der Waals surface area contributed by atoms with Crippen molar-refractivity contribution in [1.82, 2.24) is 10.2 Å². The van der Waals surface area contributed by atoms with Crippen molar-refractivity contribution in [2.75, 3.05) is 40.9 Å². The Labute approximate surface area is 85.0 Å². The van der Waals surface area contributed by atoms with Crippen molar-refractivity contribution >= 4 is 5.97 Å². The first kappa shape index (κ1) is 13.4. The Kier molecular flexibility index (Phi) is 5.68. The fraction of sp³-hybridized carbons (Fsp3) is 0.889. The molecule has 0 saturated carbocycles. The molecule has 84 valence electrons. The number of carboxylic acids is 1. The molecule has 2 N–H and O–H groups in total. The van der Waals surface area contributed by atoms with Gasteiger partial charge in [-0.1, -0.05) is 0 Å². The first-order valence-electron chi connectivity index (χ1n) is 4.54. The molecular formula is C9H20N2O3. The summed E-state index contributed by atoms with van der Waals surface area (Å²) in [5, 5.41) is 11.9. The molecule has 0 aliphatic carbocycles. The second kappa shape index (κ2) is 5.95. The minimum atomic E-state index is -0.995. The number of rotatable bonds is 7. The van der Waals surface area contributed by atoms with Gasteiger partial charge in [-0.3, -0.25) is 10.1 Å². The standard InChI is InChI=1S/C9H20N2O3/c1-9(7-14-4,8(12)13)10-5-6-11(2)3/h10H,5-7H2,1-4H3,(H,12,13). The lowest BCUT2D eigenvalue weighted by Gasteiger charge is -2.26. The quantitative estimate of drug-likeness (QED) is 0.592. The second-order valence-corrected chi connectivity index (χ2v) is 3.80. The van der Waals surface area contributed by atoms with E-state index in [1.54, 1.807) is 6.92 Å². The highest BCUT2D eigenvalue weighted by atomic mass is 16.5. The molecule has 0 aliphatic rings. The van der Waals surface area contributed by atoms with E-state index in [2.05, 4.69) is 5.32 Å². The van der Waals surface area contributed by atoms with Crippen molar-refractivity contribution in [3.63, 3.8) is 0 Å². The molecule has 5 nitrogen and oxygen atoms in total. The zero-order valence-corrected chi connectivity index (χ0v) is 9.33. The highest BCUT2D eigenvalue weighted by Crippen LogP contribution is 2.03. The topological polar surface area (TPSA) is 61.8 Å². The summed E-state index contributed by atoms with van der Waals surface area (Å²) < 4.78 is 4.87. The van der Waals surface area contributed by atoms with Gasteiger partial charge in [-0.15, -0.1) is 0 Å². The van der Waals surface area contributed by atoms with Crippen molar-refractivity contribution in [2.45, 2.75) is 12.5 Å². The number of aliphatic carboxylic acids is 1. The highest BCUT2D eigenvalue weighted by Gasteiger charge is 2.32. The van der Waals surface area contributed by atoms with Gasteiger partial charge >= 0.3 is 5.97 Å². The first-order chi connectivity index (χ1) is 6.42. The lowest BCUT2D eigenvalue weighted by atomic mass is 10.0. The monoisotopic (exact) mass is 204 g/mol. The maximum atomic E-state index is 10.9. The summed E-state index contributed by atoms with van der Waals surface area (Å²) in [6.07, 6.45) is 0. The van der Waals surface area contributed by atoms with Gasteiger partial charge < -0.3 is 14.7 Å². The maximum Gasteiger partial charge on any atom is 0.326 e. The largest absolute Gasteiger partial charge is 0.480 e. The summed E-state index contributed by atoms with van der Waals surface area (Å²) in [4.78, 5) is 12.9. The molecule has 0 radical (unpaired) electrons. The Bertz CT molecular complexity index is 185. The number of carboxylic acid groups (broad SMARTS) is 1. The fourth-order valence-corrected chi connectivity index (χ4v) is 1.03. The Morgan fingerprint density at radius 1 is 1.57 bits per heavy atom. The molecule has 0 aliphatic heterocycles. The third kappa shape index (κ3) is 4.55. The van der Waals surface area contributed by atoms with E-state index in [4.69, 9.17) is 9.84 Å². The van der Waals surface area contributed by atoms with E-state index in [1.165, 1.54) is 7.11 Å². The van der Waals surface area contributed by atoms with Crippen molar-refractivity contribution in [1.29, 1.82) is 0 Å². The molecule has 0 bridgehead atoms. The summed E-state index contributed by atoms with van der Waals surface area (Å²) in [5.74, 6) is -0.891. The first-order valence-corrected chi connectivity index (χ1v) is 4.54. The summed E-state index contributed by atoms with van der Waals surface area (Å²) >= 11 is 0. The second-order valence-electron chi connectivity index (χ2n) is 3.80. The van der Waals surface area contributed by atoms with Crippen molar-refractivity contribution in [3.8, 4) is 0 Å². The lowest BCUT2D eigenvalue weighted by Crippen LogP contribution is -2.54. The van der Waals surface area contributed by atoms with E-state index >= 15 is 0 Å². The van der Waals surface area contributed by atoms with Gasteiger partial charge in [0.25, 0.3) is 0 Å². The third-order valence-electron chi connectivity index (χ3n) is 1.98. The molecular weight excluding hydrogens is 184 g/mol. The molecule has 14 heavy (non-hydrogen) atoms. The van der Waals surface area contributed by atoms with Crippen LogP contribution in [0.2, 0.25) is 0 Å².